The van der Waals surface area contributed by atoms with Crippen LogP contribution in [0.3, 0.4) is 0 Å². The van der Waals surface area contributed by atoms with Crippen molar-refractivity contribution < 1.29 is 4.74 Å². The molecule has 5 heteroatoms. The van der Waals surface area contributed by atoms with Crippen LogP contribution < -0.4 is 26.0 Å². The number of nitrogens with zero attached hydrogens (tertiary/aromatic N) is 3. The molecule has 0 bridgehead atoms. The number of ether oxygens (including phenoxy) is 1. The third-order valence-electron chi connectivity index (χ3n) is 15.7. The minimum absolute atomic E-state index is 0.103. The number of para-hydroxylation sites is 4. The molecule has 350 valence electrons. The van der Waals surface area contributed by atoms with Crippen molar-refractivity contribution in [3.63, 3.8) is 0 Å². The number of benzene rings is 10. The van der Waals surface area contributed by atoms with Gasteiger partial charge >= 0.3 is 0 Å². The fourth-order valence-electron chi connectivity index (χ4n) is 12.2. The molecule has 2 aliphatic rings. The zero-order valence-electron chi connectivity index (χ0n) is 41.7. The molecule has 4 heterocycles. The number of rotatable bonds is 8. The Bertz CT molecular complexity index is 3990. The van der Waals surface area contributed by atoms with Gasteiger partial charge in [-0.05, 0) is 124 Å². The summed E-state index contributed by atoms with van der Waals surface area (Å²) in [6, 6.07) is 81.3. The van der Waals surface area contributed by atoms with E-state index in [1.54, 1.807) is 0 Å². The number of hydrogen-bond acceptors (Lipinski definition) is 2. The third-order valence-corrected chi connectivity index (χ3v) is 15.7. The normalized spacial score (nSPS) is 12.9. The monoisotopic (exact) mass is 939 g/mol. The van der Waals surface area contributed by atoms with Crippen molar-refractivity contribution in [2.24, 2.45) is 0 Å². The fraction of sp³-hybridized carbons (Fsp3) is 0.118. The van der Waals surface area contributed by atoms with Crippen molar-refractivity contribution >= 4 is 83.8 Å². The van der Waals surface area contributed by atoms with Gasteiger partial charge in [0.25, 0.3) is 6.71 Å². The van der Waals surface area contributed by atoms with Crippen LogP contribution in [0.2, 0.25) is 0 Å². The average molecular weight is 940 g/mol. The summed E-state index contributed by atoms with van der Waals surface area (Å²) in [5.41, 5.74) is 21.2. The first-order valence-electron chi connectivity index (χ1n) is 26.0. The van der Waals surface area contributed by atoms with Gasteiger partial charge in [0.2, 0.25) is 0 Å². The topological polar surface area (TPSA) is 22.3 Å². The van der Waals surface area contributed by atoms with Crippen LogP contribution in [0.15, 0.2) is 218 Å². The summed E-state index contributed by atoms with van der Waals surface area (Å²) in [4.78, 5) is 2.63. The van der Waals surface area contributed by atoms with E-state index in [4.69, 9.17) is 4.74 Å². The van der Waals surface area contributed by atoms with E-state index in [0.29, 0.717) is 0 Å². The summed E-state index contributed by atoms with van der Waals surface area (Å²) >= 11 is 0. The summed E-state index contributed by atoms with van der Waals surface area (Å²) in [7, 11) is 0. The molecule has 0 aliphatic carbocycles. The Morgan fingerprint density at radius 3 is 1.44 bits per heavy atom. The molecular formula is C68H54BN3O. The minimum Gasteiger partial charge on any atom is -0.458 e. The van der Waals surface area contributed by atoms with Crippen LogP contribution in [0.4, 0.5) is 17.1 Å². The van der Waals surface area contributed by atoms with Gasteiger partial charge in [0, 0.05) is 61.5 Å². The molecule has 0 N–H and O–H groups in total. The lowest BCUT2D eigenvalue weighted by atomic mass is 9.34. The van der Waals surface area contributed by atoms with Crippen molar-refractivity contribution in [2.75, 3.05) is 4.90 Å². The van der Waals surface area contributed by atoms with Crippen molar-refractivity contribution in [1.82, 2.24) is 9.13 Å². The maximum atomic E-state index is 7.44. The highest BCUT2D eigenvalue weighted by Crippen LogP contribution is 2.51. The predicted molar refractivity (Wildman–Crippen MR) is 309 cm³/mol. The van der Waals surface area contributed by atoms with Crippen LogP contribution in [0.25, 0.3) is 77.2 Å². The lowest BCUT2D eigenvalue weighted by Gasteiger charge is -2.42. The second-order valence-corrected chi connectivity index (χ2v) is 21.1. The molecule has 10 aromatic carbocycles. The molecule has 14 rings (SSSR count). The van der Waals surface area contributed by atoms with Crippen molar-refractivity contribution in [3.05, 3.63) is 230 Å². The Morgan fingerprint density at radius 2 is 0.932 bits per heavy atom. The van der Waals surface area contributed by atoms with Gasteiger partial charge in [-0.2, -0.15) is 0 Å². The standard InChI is InChI=1S/C68H54BN3O/c1-5-6-21-44-38-63-66-65(39-44)73-64-43-49(71-60-32-19-15-28-52(60)53-29-16-20-33-61(53)71)35-37-57(64)69(66)56-36-34-48(70-58-30-17-13-26-50(58)51-27-14-18-31-59(51)70)42-62(56)72(63)67-54(45-22-9-7-10-23-45)40-47(68(2,3)4)41-55(67)46-24-11-8-12-25-46/h7-20,22-43H,5-6,21H2,1-4H3. The highest BCUT2D eigenvalue weighted by molar-refractivity contribution is 6.99. The summed E-state index contributed by atoms with van der Waals surface area (Å²) in [6.07, 6.45) is 3.12. The van der Waals surface area contributed by atoms with Gasteiger partial charge in [0.05, 0.1) is 27.8 Å². The number of unbranched alkanes of at least 4 members (excludes halogenated alkanes) is 1. The van der Waals surface area contributed by atoms with E-state index < -0.39 is 0 Å². The second-order valence-electron chi connectivity index (χ2n) is 21.1. The molecule has 12 aromatic rings. The molecule has 0 atom stereocenters. The Labute approximate surface area is 427 Å². The Morgan fingerprint density at radius 1 is 0.452 bits per heavy atom. The zero-order valence-corrected chi connectivity index (χ0v) is 41.7. The third kappa shape index (κ3) is 6.82. The minimum atomic E-state index is -0.116. The number of aryl methyl sites for hydroxylation is 1. The van der Waals surface area contributed by atoms with Gasteiger partial charge in [-0.25, -0.2) is 0 Å². The van der Waals surface area contributed by atoms with E-state index in [1.165, 1.54) is 93.4 Å². The van der Waals surface area contributed by atoms with Crippen LogP contribution in [-0.4, -0.2) is 15.8 Å². The van der Waals surface area contributed by atoms with Crippen LogP contribution in [0.5, 0.6) is 11.5 Å². The largest absolute Gasteiger partial charge is 0.458 e. The molecule has 0 saturated heterocycles. The van der Waals surface area contributed by atoms with Gasteiger partial charge in [0.15, 0.2) is 0 Å². The average Bonchev–Trinajstić information content (AvgIpc) is 3.95. The van der Waals surface area contributed by atoms with Gasteiger partial charge < -0.3 is 18.8 Å². The first kappa shape index (κ1) is 43.3. The molecule has 0 fully saturated rings. The maximum absolute atomic E-state index is 7.44. The van der Waals surface area contributed by atoms with E-state index in [1.807, 2.05) is 0 Å². The van der Waals surface area contributed by atoms with Crippen molar-refractivity contribution in [2.45, 2.75) is 52.4 Å². The Kier molecular flexibility index (Phi) is 9.95. The first-order chi connectivity index (χ1) is 35.8. The lowest BCUT2D eigenvalue weighted by Crippen LogP contribution is -2.59. The van der Waals surface area contributed by atoms with Gasteiger partial charge in [0.1, 0.15) is 11.5 Å². The van der Waals surface area contributed by atoms with Crippen LogP contribution in [0, 0.1) is 0 Å². The predicted octanol–water partition coefficient (Wildman–Crippen LogP) is 16.3. The summed E-state index contributed by atoms with van der Waals surface area (Å²) in [5, 5.41) is 4.98. The number of aromatic nitrogens is 2. The molecule has 2 aliphatic heterocycles. The van der Waals surface area contributed by atoms with Crippen LogP contribution in [-0.2, 0) is 11.8 Å². The Hall–Kier alpha value is -8.54. The maximum Gasteiger partial charge on any atom is 0.256 e. The van der Waals surface area contributed by atoms with Gasteiger partial charge in [-0.1, -0.05) is 180 Å². The van der Waals surface area contributed by atoms with Crippen molar-refractivity contribution in [3.8, 4) is 45.1 Å². The molecular weight excluding hydrogens is 886 g/mol. The summed E-state index contributed by atoms with van der Waals surface area (Å²) in [6.45, 7) is 9.18. The number of hydrogen-bond donors (Lipinski definition) is 0. The van der Waals surface area contributed by atoms with Crippen molar-refractivity contribution in [1.29, 1.82) is 0 Å². The SMILES string of the molecule is CCCCc1cc2c3c(c1)N(c1c(-c4ccccc4)cc(C(C)(C)C)cc1-c1ccccc1)c1cc(-n4c5ccccc5c5ccccc54)ccc1B3c1ccc(-n3c4ccccc4c4ccccc43)cc1O2. The van der Waals surface area contributed by atoms with E-state index in [9.17, 15) is 0 Å². The highest BCUT2D eigenvalue weighted by atomic mass is 16.5. The number of fused-ring (bicyclic) bond motifs is 10. The molecule has 0 amide bonds. The van der Waals surface area contributed by atoms with E-state index in [0.717, 1.165) is 59.2 Å². The van der Waals surface area contributed by atoms with E-state index >= 15 is 0 Å². The Balaban J connectivity index is 1.09. The molecule has 0 saturated carbocycles. The molecule has 4 nitrogen and oxygen atoms in total. The van der Waals surface area contributed by atoms with Gasteiger partial charge in [-0.15, -0.1) is 0 Å². The fourth-order valence-corrected chi connectivity index (χ4v) is 12.2. The highest BCUT2D eigenvalue weighted by Gasteiger charge is 2.44. The van der Waals surface area contributed by atoms with Gasteiger partial charge in [-0.3, -0.25) is 0 Å². The van der Waals surface area contributed by atoms with Crippen LogP contribution in [0.1, 0.15) is 51.7 Å². The molecule has 0 radical (unpaired) electrons. The van der Waals surface area contributed by atoms with E-state index in [2.05, 4.69) is 260 Å². The van der Waals surface area contributed by atoms with Crippen LogP contribution >= 0.6 is 0 Å². The zero-order chi connectivity index (χ0) is 49.0. The second kappa shape index (κ2) is 16.8. The quantitative estimate of drug-likeness (QED) is 0.142. The molecule has 73 heavy (non-hydrogen) atoms. The molecule has 0 spiro atoms. The smallest absolute Gasteiger partial charge is 0.256 e. The first-order valence-corrected chi connectivity index (χ1v) is 26.0. The molecule has 2 aromatic heterocycles. The lowest BCUT2D eigenvalue weighted by molar-refractivity contribution is 0.486. The number of anilines is 3. The molecule has 0 unspecified atom stereocenters. The summed E-state index contributed by atoms with van der Waals surface area (Å²) in [5.74, 6) is 1.82. The van der Waals surface area contributed by atoms with E-state index in [-0.39, 0.29) is 12.1 Å². The summed E-state index contributed by atoms with van der Waals surface area (Å²) < 4.78 is 12.3.